The molecule has 14 nitrogen and oxygen atoms in total. The van der Waals surface area contributed by atoms with Crippen LogP contribution in [-0.4, -0.2) is 87.1 Å². The number of carbonyl (C=O) groups excluding carboxylic acids is 3. The number of likely N-dealkylation sites (tertiary alicyclic amines) is 2. The summed E-state index contributed by atoms with van der Waals surface area (Å²) in [4.78, 5) is 72.8. The monoisotopic (exact) mass is 764 g/mol. The second-order valence-electron chi connectivity index (χ2n) is 13.7. The number of aromatic nitrogens is 4. The predicted molar refractivity (Wildman–Crippen MR) is 211 cm³/mol. The molecule has 2 aromatic heterocycles. The van der Waals surface area contributed by atoms with Gasteiger partial charge in [0.15, 0.2) is 6.04 Å². The van der Waals surface area contributed by atoms with Gasteiger partial charge in [0.2, 0.25) is 12.3 Å². The zero-order valence-electron chi connectivity index (χ0n) is 30.8. The lowest BCUT2D eigenvalue weighted by molar-refractivity contribution is -0.188. The van der Waals surface area contributed by atoms with Crippen molar-refractivity contribution in [3.63, 3.8) is 0 Å². The first-order chi connectivity index (χ1) is 26.8. The highest BCUT2D eigenvalue weighted by molar-refractivity contribution is 7.19. The molecule has 7 rings (SSSR count). The number of allylic oxidation sites excluding steroid dienone is 2. The number of hydrogen-bond acceptors (Lipinski definition) is 9. The number of aliphatic imine (C=N–C) groups is 1. The Morgan fingerprint density at radius 1 is 0.855 bits per heavy atom. The van der Waals surface area contributed by atoms with Gasteiger partial charge in [-0.2, -0.15) is 4.89 Å². The van der Waals surface area contributed by atoms with E-state index < -0.39 is 17.9 Å². The maximum Gasteiger partial charge on any atom is 0.407 e. The van der Waals surface area contributed by atoms with Gasteiger partial charge in [-0.05, 0) is 79.5 Å². The van der Waals surface area contributed by atoms with Crippen LogP contribution in [0.2, 0.25) is 0 Å². The summed E-state index contributed by atoms with van der Waals surface area (Å²) in [6.45, 7) is 1.21. The van der Waals surface area contributed by atoms with Crippen LogP contribution in [0.4, 0.5) is 4.79 Å². The molecule has 2 saturated heterocycles. The van der Waals surface area contributed by atoms with E-state index in [4.69, 9.17) is 14.9 Å². The third-order valence-electron chi connectivity index (χ3n) is 10.1. The molecular formula is C40H45N8O6P. The summed E-state index contributed by atoms with van der Waals surface area (Å²) in [5, 5.41) is 2.53. The average molecular weight is 765 g/mol. The molecule has 5 aromatic rings. The Morgan fingerprint density at radius 2 is 1.42 bits per heavy atom. The maximum absolute atomic E-state index is 13.9. The number of hydrogen-bond donors (Lipinski definition) is 3. The summed E-state index contributed by atoms with van der Waals surface area (Å²) in [6.07, 6.45) is 9.66. The highest BCUT2D eigenvalue weighted by Gasteiger charge is 2.37. The Labute approximate surface area is 320 Å². The maximum atomic E-state index is 13.9. The molecule has 1 unspecified atom stereocenters. The summed E-state index contributed by atoms with van der Waals surface area (Å²) >= 11 is 0. The largest absolute Gasteiger partial charge is 0.453 e. The molecule has 3 N–H and O–H groups in total. The molecule has 0 aliphatic carbocycles. The van der Waals surface area contributed by atoms with Crippen molar-refractivity contribution in [1.82, 2.24) is 35.1 Å². The number of rotatable bonds is 13. The van der Waals surface area contributed by atoms with Crippen molar-refractivity contribution in [2.24, 2.45) is 4.99 Å². The Hall–Kier alpha value is -5.59. The number of alkyl carbamates (subject to hydrolysis) is 1. The number of imidazole rings is 2. The van der Waals surface area contributed by atoms with E-state index >= 15 is 0 Å². The molecule has 3 amide bonds. The van der Waals surface area contributed by atoms with E-state index in [0.29, 0.717) is 13.1 Å². The first-order valence-corrected chi connectivity index (χ1v) is 19.1. The van der Waals surface area contributed by atoms with Gasteiger partial charge in [0, 0.05) is 13.1 Å². The molecule has 2 fully saturated rings. The Balaban J connectivity index is 0.980. The van der Waals surface area contributed by atoms with Crippen molar-refractivity contribution in [3.05, 3.63) is 107 Å². The minimum atomic E-state index is -0.780. The summed E-state index contributed by atoms with van der Waals surface area (Å²) in [5.74, 6) is 0.420. The molecule has 0 bridgehead atoms. The van der Waals surface area contributed by atoms with Crippen LogP contribution in [0, 0.1) is 0 Å². The van der Waals surface area contributed by atoms with Crippen molar-refractivity contribution in [1.29, 1.82) is 0 Å². The van der Waals surface area contributed by atoms with Gasteiger partial charge in [-0.25, -0.2) is 19.8 Å². The van der Waals surface area contributed by atoms with Crippen molar-refractivity contribution in [2.45, 2.75) is 62.4 Å². The normalized spacial score (nSPS) is 18.5. The standard InChI is InChI=1S/C40H45N8O6P/c1-52-40(51)46-37(55)39(50)48-21-9-15-33(48)36-43-29-19-17-26(23-31(29)45-36)11-7-6-10-25-16-18-28-30(22-25)44-35(42-28)32-14-8-20-47(32)38(49)34(41-24-54-53-2)27-12-4-3-5-13-27/h3-7,12-13,16-19,22-24,32-34,37H,8-11,14-15,20-21,55H2,1-2H3,(H,42,44)(H,43,45)(H,46,51)/t32-,33-,34+,37+/m0/s1. The molecule has 3 aromatic carbocycles. The number of methoxy groups -OCH3 is 1. The molecular weight excluding hydrogens is 719 g/mol. The first kappa shape index (κ1) is 37.7. The molecule has 2 aliphatic heterocycles. The summed E-state index contributed by atoms with van der Waals surface area (Å²) in [7, 11) is 5.03. The zero-order chi connectivity index (χ0) is 38.3. The number of benzene rings is 3. The predicted octanol–water partition coefficient (Wildman–Crippen LogP) is 6.01. The Kier molecular flexibility index (Phi) is 11.8. The molecule has 286 valence electrons. The molecule has 2 aliphatic rings. The van der Waals surface area contributed by atoms with Crippen molar-refractivity contribution < 1.29 is 28.9 Å². The zero-order valence-corrected chi connectivity index (χ0v) is 32.0. The van der Waals surface area contributed by atoms with Crippen molar-refractivity contribution >= 4 is 55.6 Å². The number of nitrogens with zero attached hydrogens (tertiary/aromatic N) is 5. The number of nitrogens with one attached hydrogen (secondary N) is 3. The number of fused-ring (bicyclic) bond motifs is 2. The third-order valence-corrected chi connectivity index (χ3v) is 10.6. The van der Waals surface area contributed by atoms with E-state index in [-0.39, 0.29) is 23.9 Å². The lowest BCUT2D eigenvalue weighted by Gasteiger charge is -2.26. The van der Waals surface area contributed by atoms with Gasteiger partial charge in [-0.3, -0.25) is 9.59 Å². The second kappa shape index (κ2) is 17.3. The summed E-state index contributed by atoms with van der Waals surface area (Å²) in [5.41, 5.74) is 6.61. The molecule has 15 heteroatoms. The fraction of sp³-hybridized carbons (Fsp3) is 0.350. The lowest BCUT2D eigenvalue weighted by atomic mass is 10.1. The highest BCUT2D eigenvalue weighted by atomic mass is 31.0. The number of H-pyrrole nitrogens is 2. The molecule has 0 spiro atoms. The first-order valence-electron chi connectivity index (χ1n) is 18.4. The molecule has 5 atom stereocenters. The number of amides is 3. The van der Waals surface area contributed by atoms with Crippen LogP contribution >= 0.6 is 9.24 Å². The van der Waals surface area contributed by atoms with Gasteiger partial charge in [-0.15, -0.1) is 9.24 Å². The van der Waals surface area contributed by atoms with Gasteiger partial charge in [0.1, 0.15) is 17.4 Å². The van der Waals surface area contributed by atoms with E-state index in [1.807, 2.05) is 47.4 Å². The summed E-state index contributed by atoms with van der Waals surface area (Å²) < 4.78 is 4.64. The van der Waals surface area contributed by atoms with Gasteiger partial charge in [0.05, 0.1) is 48.4 Å². The molecule has 55 heavy (non-hydrogen) atoms. The lowest BCUT2D eigenvalue weighted by Crippen LogP contribution is -2.45. The van der Waals surface area contributed by atoms with Crippen molar-refractivity contribution in [2.75, 3.05) is 27.3 Å². The second-order valence-corrected chi connectivity index (χ2v) is 14.3. The third kappa shape index (κ3) is 8.55. The smallest absolute Gasteiger partial charge is 0.407 e. The van der Waals surface area contributed by atoms with E-state index in [2.05, 4.69) is 75.6 Å². The van der Waals surface area contributed by atoms with E-state index in [0.717, 1.165) is 95.3 Å². The summed E-state index contributed by atoms with van der Waals surface area (Å²) in [6, 6.07) is 20.7. The van der Waals surface area contributed by atoms with Crippen LogP contribution in [0.3, 0.4) is 0 Å². The van der Waals surface area contributed by atoms with Crippen LogP contribution in [-0.2, 0) is 36.9 Å². The average Bonchev–Trinajstić information content (AvgIpc) is 4.03. The van der Waals surface area contributed by atoms with E-state index in [1.54, 1.807) is 4.90 Å². The van der Waals surface area contributed by atoms with Gasteiger partial charge >= 0.3 is 6.09 Å². The minimum Gasteiger partial charge on any atom is -0.453 e. The van der Waals surface area contributed by atoms with Crippen molar-refractivity contribution in [3.8, 4) is 0 Å². The minimum absolute atomic E-state index is 0.115. The highest BCUT2D eigenvalue weighted by Crippen LogP contribution is 2.35. The number of ether oxygens (including phenoxy) is 1. The molecule has 4 heterocycles. The topological polar surface area (TPSA) is 167 Å². The van der Waals surface area contributed by atoms with Gasteiger partial charge in [-0.1, -0.05) is 54.6 Å². The van der Waals surface area contributed by atoms with Gasteiger partial charge in [0.25, 0.3) is 5.91 Å². The quantitative estimate of drug-likeness (QED) is 0.0327. The fourth-order valence-electron chi connectivity index (χ4n) is 7.43. The Morgan fingerprint density at radius 3 is 1.96 bits per heavy atom. The SMILES string of the molecule is COOC=N[C@@H](C(=O)N1CCC[C@H]1c1nc2ccc(CC=CCc3ccc4nc([C@@H]5CCCN5C(=O)[C@@H](P)NC(=O)OC)[nH]c4c3)cc2[nH]1)c1ccccc1. The van der Waals surface area contributed by atoms with Crippen LogP contribution in [0.15, 0.2) is 83.9 Å². The van der Waals surface area contributed by atoms with Crippen LogP contribution in [0.5, 0.6) is 0 Å². The molecule has 0 radical (unpaired) electrons. The van der Waals surface area contributed by atoms with Crippen LogP contribution < -0.4 is 5.32 Å². The Bertz CT molecular complexity index is 2200. The number of carbonyl (C=O) groups is 3. The molecule has 0 saturated carbocycles. The van der Waals surface area contributed by atoms with E-state index in [9.17, 15) is 14.4 Å². The van der Waals surface area contributed by atoms with Gasteiger partial charge < -0.3 is 34.7 Å². The van der Waals surface area contributed by atoms with Crippen LogP contribution in [0.25, 0.3) is 22.1 Å². The fourth-order valence-corrected chi connectivity index (χ4v) is 7.76. The number of aromatic amines is 2. The van der Waals surface area contributed by atoms with E-state index in [1.165, 1.54) is 14.2 Å². The van der Waals surface area contributed by atoms with Crippen LogP contribution in [0.1, 0.15) is 72.1 Å².